The van der Waals surface area contributed by atoms with Crippen LogP contribution < -0.4 is 5.32 Å². The van der Waals surface area contributed by atoms with Crippen molar-refractivity contribution in [3.8, 4) is 0 Å². The van der Waals surface area contributed by atoms with Crippen molar-refractivity contribution in [3.63, 3.8) is 0 Å². The van der Waals surface area contributed by atoms with Crippen LogP contribution in [0.25, 0.3) is 0 Å². The Hall–Kier alpha value is 0.690. The van der Waals surface area contributed by atoms with E-state index in [2.05, 4.69) is 10.2 Å². The van der Waals surface area contributed by atoms with Gasteiger partial charge in [0.1, 0.15) is 0 Å². The van der Waals surface area contributed by atoms with Crippen molar-refractivity contribution in [2.45, 2.75) is 20.9 Å². The molecule has 7 heavy (non-hydrogen) atoms. The quantitative estimate of drug-likeness (QED) is 0.360. The van der Waals surface area contributed by atoms with Crippen molar-refractivity contribution in [2.24, 2.45) is 0 Å². The number of alkyl halides is 3. The third kappa shape index (κ3) is 0.470. The first-order chi connectivity index (χ1) is 3.38. The molecule has 2 bridgehead atoms. The molecular weight excluding hydrogens is 201 g/mol. The molecule has 3 heterocycles. The van der Waals surface area contributed by atoms with Gasteiger partial charge in [0, 0.05) is 0 Å². The molecule has 0 aromatic heterocycles. The van der Waals surface area contributed by atoms with Crippen LogP contribution in [0.5, 0.6) is 0 Å². The Kier molecular flexibility index (Phi) is 0.876. The summed E-state index contributed by atoms with van der Waals surface area (Å²) >= 11 is -0.306. The van der Waals surface area contributed by atoms with Crippen LogP contribution in [0.2, 0.25) is 0 Å². The number of hydrogen-bond acceptors (Lipinski definition) is 1. The minimum absolute atomic E-state index is 0.306. The van der Waals surface area contributed by atoms with Gasteiger partial charge in [-0.05, 0) is 0 Å². The van der Waals surface area contributed by atoms with Gasteiger partial charge >= 0.3 is 51.0 Å². The first-order valence-electron chi connectivity index (χ1n) is 2.71. The van der Waals surface area contributed by atoms with Crippen LogP contribution >= 0.6 is 19.8 Å². The Morgan fingerprint density at radius 3 is 2.14 bits per heavy atom. The maximum absolute atomic E-state index is 3.54. The maximum atomic E-state index is 3.54. The number of rotatable bonds is 0. The van der Waals surface area contributed by atoms with Crippen LogP contribution in [-0.4, -0.2) is 13.0 Å². The van der Waals surface area contributed by atoms with Crippen molar-refractivity contribution < 1.29 is 0 Å². The summed E-state index contributed by atoms with van der Waals surface area (Å²) in [6.07, 6.45) is 3.01. The molecule has 3 saturated heterocycles. The van der Waals surface area contributed by atoms with E-state index in [1.54, 1.807) is 0 Å². The molecule has 0 radical (unpaired) electrons. The van der Waals surface area contributed by atoms with E-state index in [1.165, 1.54) is 12.8 Å². The van der Waals surface area contributed by atoms with Gasteiger partial charge < -0.3 is 0 Å². The van der Waals surface area contributed by atoms with E-state index in [0.29, 0.717) is 0 Å². The molecular formula is C5H10IN. The van der Waals surface area contributed by atoms with E-state index >= 15 is 0 Å². The summed E-state index contributed by atoms with van der Waals surface area (Å²) in [5.74, 6) is 0. The summed E-state index contributed by atoms with van der Waals surface area (Å²) in [5.41, 5.74) is 0. The molecule has 2 unspecified atom stereocenters. The fraction of sp³-hybridized carbons (Fsp3) is 1.00. The first kappa shape index (κ1) is 4.56. The van der Waals surface area contributed by atoms with Crippen LogP contribution in [0.15, 0.2) is 0 Å². The molecule has 3 rings (SSSR count). The van der Waals surface area contributed by atoms with Crippen molar-refractivity contribution in [1.29, 1.82) is 0 Å². The van der Waals surface area contributed by atoms with Gasteiger partial charge in [0.2, 0.25) is 0 Å². The molecule has 3 aliphatic rings. The van der Waals surface area contributed by atoms with Gasteiger partial charge in [-0.2, -0.15) is 0 Å². The molecule has 0 aromatic rings. The number of hydrogen-bond donors (Lipinski definition) is 1. The van der Waals surface area contributed by atoms with Gasteiger partial charge in [-0.25, -0.2) is 0 Å². The summed E-state index contributed by atoms with van der Waals surface area (Å²) in [4.78, 5) is 2.50. The fourth-order valence-electron chi connectivity index (χ4n) is 1.32. The molecule has 3 fully saturated rings. The summed E-state index contributed by atoms with van der Waals surface area (Å²) < 4.78 is 2.13. The van der Waals surface area contributed by atoms with Crippen molar-refractivity contribution in [3.05, 3.63) is 0 Å². The summed E-state index contributed by atoms with van der Waals surface area (Å²) in [6.45, 7) is 0. The Bertz CT molecular complexity index is 80.1. The SMILES string of the molecule is CI1C2CCC1N2. The zero-order valence-corrected chi connectivity index (χ0v) is 6.60. The molecule has 0 aromatic carbocycles. The van der Waals surface area contributed by atoms with E-state index in [-0.39, 0.29) is 19.8 Å². The molecule has 42 valence electrons. The molecule has 2 heteroatoms. The Labute approximate surface area is 51.2 Å². The number of nitrogens with one attached hydrogen (secondary N) is 1. The zero-order valence-electron chi connectivity index (χ0n) is 4.45. The Morgan fingerprint density at radius 1 is 1.43 bits per heavy atom. The monoisotopic (exact) mass is 211 g/mol. The van der Waals surface area contributed by atoms with Gasteiger partial charge in [-0.15, -0.1) is 0 Å². The van der Waals surface area contributed by atoms with Gasteiger partial charge in [0.15, 0.2) is 0 Å². The first-order valence-corrected chi connectivity index (χ1v) is 7.36. The average Bonchev–Trinajstić information content (AvgIpc) is 2.18. The standard InChI is InChI=1S/C5H10IN/c1-6-4-2-3-5(6)7-4/h4-5,7H,2-3H2,1H3. The second kappa shape index (κ2) is 1.35. The summed E-state index contributed by atoms with van der Waals surface area (Å²) in [5, 5.41) is 3.54. The van der Waals surface area contributed by atoms with E-state index < -0.39 is 0 Å². The third-order valence-electron chi connectivity index (χ3n) is 1.87. The molecule has 1 N–H and O–H groups in total. The predicted octanol–water partition coefficient (Wildman–Crippen LogP) is 1.17. The molecule has 2 atom stereocenters. The fourth-order valence-corrected chi connectivity index (χ4v) is 6.46. The van der Waals surface area contributed by atoms with Gasteiger partial charge in [-0.1, -0.05) is 0 Å². The van der Waals surface area contributed by atoms with E-state index in [9.17, 15) is 0 Å². The molecule has 3 aliphatic heterocycles. The molecule has 0 spiro atoms. The topological polar surface area (TPSA) is 12.0 Å². The average molecular weight is 211 g/mol. The van der Waals surface area contributed by atoms with Crippen LogP contribution in [0, 0.1) is 0 Å². The number of fused-ring (bicyclic) bond motifs is 1. The van der Waals surface area contributed by atoms with Crippen molar-refractivity contribution in [1.82, 2.24) is 5.32 Å². The molecule has 0 amide bonds. The Balaban J connectivity index is 2.14. The predicted molar refractivity (Wildman–Crippen MR) is 39.9 cm³/mol. The summed E-state index contributed by atoms with van der Waals surface area (Å²) in [7, 11) is 0. The second-order valence-electron chi connectivity index (χ2n) is 2.24. The molecule has 1 nitrogen and oxygen atoms in total. The van der Waals surface area contributed by atoms with E-state index in [1.807, 2.05) is 0 Å². The van der Waals surface area contributed by atoms with E-state index in [0.717, 1.165) is 8.10 Å². The Morgan fingerprint density at radius 2 is 2.00 bits per heavy atom. The normalized spacial score (nSPS) is 51.9. The van der Waals surface area contributed by atoms with E-state index in [4.69, 9.17) is 0 Å². The van der Waals surface area contributed by atoms with Crippen molar-refractivity contribution in [2.75, 3.05) is 4.93 Å². The summed E-state index contributed by atoms with van der Waals surface area (Å²) in [6, 6.07) is 0. The third-order valence-corrected chi connectivity index (χ3v) is 8.57. The van der Waals surface area contributed by atoms with Crippen LogP contribution in [0.1, 0.15) is 12.8 Å². The zero-order chi connectivity index (χ0) is 4.85. The second-order valence-corrected chi connectivity index (χ2v) is 8.46. The number of halogens is 1. The van der Waals surface area contributed by atoms with Crippen LogP contribution in [0.3, 0.4) is 0 Å². The van der Waals surface area contributed by atoms with Gasteiger partial charge in [0.25, 0.3) is 0 Å². The minimum atomic E-state index is -0.306. The molecule has 0 aliphatic carbocycles. The molecule has 0 saturated carbocycles. The van der Waals surface area contributed by atoms with Gasteiger partial charge in [-0.3, -0.25) is 0 Å². The van der Waals surface area contributed by atoms with Gasteiger partial charge in [0.05, 0.1) is 0 Å². The van der Waals surface area contributed by atoms with Crippen LogP contribution in [0.4, 0.5) is 0 Å². The van der Waals surface area contributed by atoms with Crippen LogP contribution in [-0.2, 0) is 0 Å². The van der Waals surface area contributed by atoms with Crippen molar-refractivity contribution >= 4 is 19.8 Å².